The average molecular weight is 448 g/mol. The number of benzene rings is 1. The number of carbonyl (C=O) groups is 2. The predicted octanol–water partition coefficient (Wildman–Crippen LogP) is 3.66. The first-order chi connectivity index (χ1) is 14.7. The number of nitrogens with one attached hydrogen (secondary N) is 2. The minimum atomic E-state index is -3.76. The molecule has 2 aromatic rings. The standard InChI is InChI=1S/C22H29N3O5S/c1-5-30-18-10-9-17(13-19(18)31(28,29)25-11-7-6-8-12-25)24-22(27)21-14(2)20(16(4)26)15(3)23-21/h9-10,13,23H,5-8,11-12H2,1-4H3,(H,24,27). The van der Waals surface area contributed by atoms with Crippen LogP contribution in [0.5, 0.6) is 5.75 Å². The molecule has 1 saturated heterocycles. The fraction of sp³-hybridized carbons (Fsp3) is 0.455. The third-order valence-corrected chi connectivity index (χ3v) is 7.37. The Morgan fingerprint density at radius 3 is 2.42 bits per heavy atom. The SMILES string of the molecule is CCOc1ccc(NC(=O)c2[nH]c(C)c(C(C)=O)c2C)cc1S(=O)(=O)N1CCCCC1. The number of aromatic nitrogens is 1. The molecular formula is C22H29N3O5S. The second-order valence-corrected chi connectivity index (χ2v) is 9.60. The molecule has 0 aliphatic carbocycles. The van der Waals surface area contributed by atoms with Gasteiger partial charge < -0.3 is 15.0 Å². The Hall–Kier alpha value is -2.65. The molecule has 8 nitrogen and oxygen atoms in total. The molecular weight excluding hydrogens is 418 g/mol. The van der Waals surface area contributed by atoms with E-state index in [2.05, 4.69) is 10.3 Å². The van der Waals surface area contributed by atoms with Crippen LogP contribution in [0.15, 0.2) is 23.1 Å². The normalized spacial score (nSPS) is 15.0. The molecule has 31 heavy (non-hydrogen) atoms. The van der Waals surface area contributed by atoms with Gasteiger partial charge in [-0.3, -0.25) is 9.59 Å². The van der Waals surface area contributed by atoms with E-state index in [4.69, 9.17) is 4.74 Å². The Labute approximate surface area is 183 Å². The molecule has 0 radical (unpaired) electrons. The summed E-state index contributed by atoms with van der Waals surface area (Å²) in [5, 5.41) is 2.74. The average Bonchev–Trinajstić information content (AvgIpc) is 3.04. The molecule has 1 aromatic heterocycles. The van der Waals surface area contributed by atoms with Crippen molar-refractivity contribution in [3.05, 3.63) is 40.7 Å². The van der Waals surface area contributed by atoms with Crippen molar-refractivity contribution < 1.29 is 22.7 Å². The summed E-state index contributed by atoms with van der Waals surface area (Å²) in [4.78, 5) is 27.7. The van der Waals surface area contributed by atoms with Gasteiger partial charge in [-0.2, -0.15) is 4.31 Å². The van der Waals surface area contributed by atoms with E-state index < -0.39 is 15.9 Å². The van der Waals surface area contributed by atoms with Gasteiger partial charge in [0.05, 0.1) is 6.61 Å². The summed E-state index contributed by atoms with van der Waals surface area (Å²) < 4.78 is 33.5. The summed E-state index contributed by atoms with van der Waals surface area (Å²) in [7, 11) is -3.76. The van der Waals surface area contributed by atoms with Gasteiger partial charge in [-0.1, -0.05) is 6.42 Å². The van der Waals surface area contributed by atoms with Crippen LogP contribution in [0.2, 0.25) is 0 Å². The first-order valence-corrected chi connectivity index (χ1v) is 11.9. The highest BCUT2D eigenvalue weighted by Gasteiger charge is 2.29. The maximum atomic E-state index is 13.3. The quantitative estimate of drug-likeness (QED) is 0.630. The van der Waals surface area contributed by atoms with Crippen LogP contribution < -0.4 is 10.1 Å². The van der Waals surface area contributed by atoms with Crippen LogP contribution in [0, 0.1) is 13.8 Å². The molecule has 0 saturated carbocycles. The molecule has 1 aliphatic rings. The number of anilines is 1. The van der Waals surface area contributed by atoms with Crippen molar-refractivity contribution in [1.82, 2.24) is 9.29 Å². The topological polar surface area (TPSA) is 109 Å². The number of carbonyl (C=O) groups excluding carboxylic acids is 2. The number of amides is 1. The number of piperidine rings is 1. The number of rotatable bonds is 7. The zero-order chi connectivity index (χ0) is 22.8. The van der Waals surface area contributed by atoms with Crippen LogP contribution in [0.4, 0.5) is 5.69 Å². The molecule has 0 unspecified atom stereocenters. The van der Waals surface area contributed by atoms with Crippen molar-refractivity contribution in [2.24, 2.45) is 0 Å². The third kappa shape index (κ3) is 4.67. The number of hydrogen-bond acceptors (Lipinski definition) is 5. The molecule has 2 heterocycles. The van der Waals surface area contributed by atoms with Crippen molar-refractivity contribution in [2.45, 2.75) is 51.9 Å². The van der Waals surface area contributed by atoms with Crippen molar-refractivity contribution in [3.8, 4) is 5.75 Å². The van der Waals surface area contributed by atoms with E-state index in [1.54, 1.807) is 32.9 Å². The maximum Gasteiger partial charge on any atom is 0.272 e. The lowest BCUT2D eigenvalue weighted by molar-refractivity contribution is 0.101. The molecule has 1 aromatic carbocycles. The molecule has 0 bridgehead atoms. The summed E-state index contributed by atoms with van der Waals surface area (Å²) in [6, 6.07) is 4.60. The molecule has 9 heteroatoms. The van der Waals surface area contributed by atoms with Gasteiger partial charge in [-0.05, 0) is 64.3 Å². The number of sulfonamides is 1. The van der Waals surface area contributed by atoms with Crippen LogP contribution in [0.25, 0.3) is 0 Å². The lowest BCUT2D eigenvalue weighted by atomic mass is 10.1. The third-order valence-electron chi connectivity index (χ3n) is 5.45. The highest BCUT2D eigenvalue weighted by molar-refractivity contribution is 7.89. The number of ether oxygens (including phenoxy) is 1. The number of aromatic amines is 1. The van der Waals surface area contributed by atoms with Gasteiger partial charge >= 0.3 is 0 Å². The Morgan fingerprint density at radius 2 is 1.84 bits per heavy atom. The lowest BCUT2D eigenvalue weighted by Crippen LogP contribution is -2.35. The first-order valence-electron chi connectivity index (χ1n) is 10.4. The van der Waals surface area contributed by atoms with Gasteiger partial charge in [0.2, 0.25) is 10.0 Å². The molecule has 2 N–H and O–H groups in total. The Balaban J connectivity index is 1.94. The van der Waals surface area contributed by atoms with Crippen LogP contribution in [-0.2, 0) is 10.0 Å². The van der Waals surface area contributed by atoms with Crippen LogP contribution in [0.3, 0.4) is 0 Å². The van der Waals surface area contributed by atoms with E-state index in [-0.39, 0.29) is 22.1 Å². The number of nitrogens with zero attached hydrogens (tertiary/aromatic N) is 1. The van der Waals surface area contributed by atoms with E-state index in [1.807, 2.05) is 0 Å². The predicted molar refractivity (Wildman–Crippen MR) is 118 cm³/mol. The smallest absolute Gasteiger partial charge is 0.272 e. The minimum absolute atomic E-state index is 0.0397. The summed E-state index contributed by atoms with van der Waals surface area (Å²) in [5.41, 5.74) is 2.28. The molecule has 1 amide bonds. The fourth-order valence-electron chi connectivity index (χ4n) is 4.01. The van der Waals surface area contributed by atoms with E-state index in [1.165, 1.54) is 17.3 Å². The van der Waals surface area contributed by atoms with E-state index in [0.29, 0.717) is 42.2 Å². The summed E-state index contributed by atoms with van der Waals surface area (Å²) in [6.45, 7) is 7.95. The molecule has 0 atom stereocenters. The molecule has 1 fully saturated rings. The van der Waals surface area contributed by atoms with Crippen LogP contribution in [-0.4, -0.2) is 49.1 Å². The Bertz CT molecular complexity index is 1100. The van der Waals surface area contributed by atoms with Crippen molar-refractivity contribution in [3.63, 3.8) is 0 Å². The second-order valence-electron chi connectivity index (χ2n) is 7.69. The van der Waals surface area contributed by atoms with Gasteiger partial charge in [-0.25, -0.2) is 8.42 Å². The zero-order valence-electron chi connectivity index (χ0n) is 18.4. The summed E-state index contributed by atoms with van der Waals surface area (Å²) in [5.74, 6) is -0.309. The number of Topliss-reactive ketones (excluding diaryl/α,β-unsaturated/α-hetero) is 1. The Morgan fingerprint density at radius 1 is 1.16 bits per heavy atom. The highest BCUT2D eigenvalue weighted by Crippen LogP contribution is 2.32. The van der Waals surface area contributed by atoms with Gasteiger partial charge in [0.25, 0.3) is 5.91 Å². The number of H-pyrrole nitrogens is 1. The van der Waals surface area contributed by atoms with E-state index in [0.717, 1.165) is 19.3 Å². The maximum absolute atomic E-state index is 13.3. The lowest BCUT2D eigenvalue weighted by Gasteiger charge is -2.27. The van der Waals surface area contributed by atoms with Crippen molar-refractivity contribution >= 4 is 27.4 Å². The van der Waals surface area contributed by atoms with E-state index >= 15 is 0 Å². The summed E-state index contributed by atoms with van der Waals surface area (Å²) in [6.07, 6.45) is 2.66. The van der Waals surface area contributed by atoms with Gasteiger partial charge in [0.15, 0.2) is 5.78 Å². The monoisotopic (exact) mass is 447 g/mol. The van der Waals surface area contributed by atoms with E-state index in [9.17, 15) is 18.0 Å². The number of aryl methyl sites for hydroxylation is 1. The second kappa shape index (κ2) is 9.23. The zero-order valence-corrected chi connectivity index (χ0v) is 19.2. The van der Waals surface area contributed by atoms with Gasteiger partial charge in [0.1, 0.15) is 16.3 Å². The fourth-order valence-corrected chi connectivity index (χ4v) is 5.68. The van der Waals surface area contributed by atoms with Crippen LogP contribution >= 0.6 is 0 Å². The molecule has 168 valence electrons. The van der Waals surface area contributed by atoms with Gasteiger partial charge in [-0.15, -0.1) is 0 Å². The Kier molecular flexibility index (Phi) is 6.86. The molecule has 0 spiro atoms. The first kappa shape index (κ1) is 23.0. The van der Waals surface area contributed by atoms with Gasteiger partial charge in [0, 0.05) is 30.0 Å². The van der Waals surface area contributed by atoms with Crippen molar-refractivity contribution in [1.29, 1.82) is 0 Å². The largest absolute Gasteiger partial charge is 0.492 e. The van der Waals surface area contributed by atoms with Crippen LogP contribution in [0.1, 0.15) is 65.2 Å². The number of ketones is 1. The molecule has 1 aliphatic heterocycles. The van der Waals surface area contributed by atoms with Crippen molar-refractivity contribution in [2.75, 3.05) is 25.0 Å². The highest BCUT2D eigenvalue weighted by atomic mass is 32.2. The minimum Gasteiger partial charge on any atom is -0.492 e. The summed E-state index contributed by atoms with van der Waals surface area (Å²) >= 11 is 0. The number of hydrogen-bond donors (Lipinski definition) is 2. The molecule has 3 rings (SSSR count).